The lowest BCUT2D eigenvalue weighted by Gasteiger charge is -2.10. The van der Waals surface area contributed by atoms with Gasteiger partial charge in [0, 0.05) is 11.9 Å². The van der Waals surface area contributed by atoms with Gasteiger partial charge in [-0.15, -0.1) is 0 Å². The number of hydrogen-bond donors (Lipinski definition) is 2. The third-order valence-electron chi connectivity index (χ3n) is 3.23. The third-order valence-corrected chi connectivity index (χ3v) is 4.05. The molecule has 3 rings (SSSR count). The average molecular weight is 362 g/mol. The van der Waals surface area contributed by atoms with Crippen molar-refractivity contribution in [2.75, 3.05) is 5.32 Å². The number of benzene rings is 1. The monoisotopic (exact) mass is 361 g/mol. The van der Waals surface area contributed by atoms with Gasteiger partial charge in [-0.2, -0.15) is 0 Å². The Balaban J connectivity index is 1.71. The highest BCUT2D eigenvalue weighted by molar-refractivity contribution is 6.43. The van der Waals surface area contributed by atoms with Gasteiger partial charge in [0.2, 0.25) is 0 Å². The molecular formula is C17H13Cl2N3O2. The molecule has 0 saturated heterocycles. The Bertz CT molecular complexity index is 851. The Morgan fingerprint density at radius 2 is 2.04 bits per heavy atom. The van der Waals surface area contributed by atoms with Crippen molar-refractivity contribution in [3.05, 3.63) is 76.4 Å². The molecule has 122 valence electrons. The number of nitrogens with one attached hydrogen (secondary N) is 2. The van der Waals surface area contributed by atoms with Crippen molar-refractivity contribution >= 4 is 40.5 Å². The first-order valence-electron chi connectivity index (χ1n) is 7.11. The number of rotatable bonds is 5. The molecule has 2 heterocycles. The molecule has 0 bridgehead atoms. The molecule has 0 aliphatic carbocycles. The molecule has 3 aromatic rings. The van der Waals surface area contributed by atoms with Crippen LogP contribution >= 0.6 is 23.2 Å². The number of hydrogen-bond acceptors (Lipinski definition) is 4. The minimum absolute atomic E-state index is 0.282. The van der Waals surface area contributed by atoms with E-state index < -0.39 is 0 Å². The topological polar surface area (TPSA) is 67.2 Å². The number of aromatic nitrogens is 1. The van der Waals surface area contributed by atoms with Gasteiger partial charge < -0.3 is 15.1 Å². The van der Waals surface area contributed by atoms with Crippen LogP contribution in [0.1, 0.15) is 16.2 Å². The number of anilines is 2. The van der Waals surface area contributed by atoms with E-state index in [0.717, 1.165) is 0 Å². The highest BCUT2D eigenvalue weighted by Gasteiger charge is 2.10. The van der Waals surface area contributed by atoms with Crippen LogP contribution < -0.4 is 10.6 Å². The molecule has 0 fully saturated rings. The lowest BCUT2D eigenvalue weighted by atomic mass is 10.2. The highest BCUT2D eigenvalue weighted by Crippen LogP contribution is 2.31. The second-order valence-electron chi connectivity index (χ2n) is 4.92. The zero-order valence-electron chi connectivity index (χ0n) is 12.4. The van der Waals surface area contributed by atoms with E-state index in [1.54, 1.807) is 54.9 Å². The van der Waals surface area contributed by atoms with Crippen LogP contribution in [0.4, 0.5) is 11.4 Å². The fraction of sp³-hybridized carbons (Fsp3) is 0.0588. The second-order valence-corrected chi connectivity index (χ2v) is 5.70. The molecule has 1 amide bonds. The van der Waals surface area contributed by atoms with Crippen LogP contribution in [-0.2, 0) is 6.54 Å². The van der Waals surface area contributed by atoms with Crippen molar-refractivity contribution in [1.82, 2.24) is 10.3 Å². The maximum absolute atomic E-state index is 12.2. The summed E-state index contributed by atoms with van der Waals surface area (Å²) < 4.78 is 5.17. The minimum Gasteiger partial charge on any atom is -0.467 e. The molecule has 0 aliphatic heterocycles. The fourth-order valence-corrected chi connectivity index (χ4v) is 2.41. The predicted molar refractivity (Wildman–Crippen MR) is 93.9 cm³/mol. The number of amides is 1. The van der Waals surface area contributed by atoms with Crippen LogP contribution in [0.15, 0.2) is 59.3 Å². The number of carbonyl (C=O) groups is 1. The summed E-state index contributed by atoms with van der Waals surface area (Å²) in [6.45, 7) is 0.297. The van der Waals surface area contributed by atoms with Crippen LogP contribution in [0, 0.1) is 0 Å². The first-order valence-corrected chi connectivity index (χ1v) is 7.87. The molecule has 0 aliphatic rings. The van der Waals surface area contributed by atoms with Crippen molar-refractivity contribution in [1.29, 1.82) is 0 Å². The van der Waals surface area contributed by atoms with Crippen LogP contribution in [0.3, 0.4) is 0 Å². The van der Waals surface area contributed by atoms with Crippen molar-refractivity contribution in [3.8, 4) is 0 Å². The van der Waals surface area contributed by atoms with Gasteiger partial charge in [-0.1, -0.05) is 29.3 Å². The Labute approximate surface area is 148 Å². The molecular weight excluding hydrogens is 349 g/mol. The molecule has 0 unspecified atom stereocenters. The van der Waals surface area contributed by atoms with Gasteiger partial charge in [0.05, 0.1) is 28.5 Å². The number of nitrogens with zero attached hydrogens (tertiary/aromatic N) is 1. The molecule has 2 N–H and O–H groups in total. The zero-order chi connectivity index (χ0) is 16.9. The van der Waals surface area contributed by atoms with Gasteiger partial charge >= 0.3 is 0 Å². The quantitative estimate of drug-likeness (QED) is 0.693. The average Bonchev–Trinajstić information content (AvgIpc) is 3.11. The Hall–Kier alpha value is -2.50. The van der Waals surface area contributed by atoms with E-state index in [0.29, 0.717) is 33.7 Å². The molecule has 24 heavy (non-hydrogen) atoms. The van der Waals surface area contributed by atoms with Crippen LogP contribution in [0.25, 0.3) is 0 Å². The minimum atomic E-state index is -0.299. The fourth-order valence-electron chi connectivity index (χ4n) is 2.06. The van der Waals surface area contributed by atoms with E-state index in [4.69, 9.17) is 27.6 Å². The molecule has 2 aromatic heterocycles. The van der Waals surface area contributed by atoms with Crippen molar-refractivity contribution < 1.29 is 9.21 Å². The lowest BCUT2D eigenvalue weighted by Crippen LogP contribution is -2.23. The van der Waals surface area contributed by atoms with E-state index >= 15 is 0 Å². The van der Waals surface area contributed by atoms with Crippen molar-refractivity contribution in [2.45, 2.75) is 6.54 Å². The van der Waals surface area contributed by atoms with E-state index in [2.05, 4.69) is 15.6 Å². The number of carbonyl (C=O) groups excluding carboxylic acids is 1. The van der Waals surface area contributed by atoms with Gasteiger partial charge in [-0.3, -0.25) is 9.78 Å². The molecule has 0 atom stereocenters. The zero-order valence-corrected chi connectivity index (χ0v) is 13.9. The summed E-state index contributed by atoms with van der Waals surface area (Å²) in [7, 11) is 0. The smallest absolute Gasteiger partial charge is 0.270 e. The van der Waals surface area contributed by atoms with E-state index in [1.807, 2.05) is 0 Å². The number of furan rings is 1. The highest BCUT2D eigenvalue weighted by atomic mass is 35.5. The predicted octanol–water partition coefficient (Wildman–Crippen LogP) is 4.66. The lowest BCUT2D eigenvalue weighted by molar-refractivity contribution is 0.0943. The summed E-state index contributed by atoms with van der Waals surface area (Å²) in [4.78, 5) is 16.3. The van der Waals surface area contributed by atoms with E-state index in [-0.39, 0.29) is 11.6 Å². The van der Waals surface area contributed by atoms with Crippen LogP contribution in [0.2, 0.25) is 10.0 Å². The van der Waals surface area contributed by atoms with Gasteiger partial charge in [0.1, 0.15) is 11.5 Å². The van der Waals surface area contributed by atoms with Gasteiger partial charge in [0.15, 0.2) is 0 Å². The standard InChI is InChI=1S/C17H13Cl2N3O2/c18-13-4-1-5-14(16(13)19)22-11-6-7-20-15(9-11)17(23)21-10-12-3-2-8-24-12/h1-9H,10H2,(H,20,22)(H,21,23). The second kappa shape index (κ2) is 7.38. The maximum atomic E-state index is 12.2. The first kappa shape index (κ1) is 16.4. The number of halogens is 2. The largest absolute Gasteiger partial charge is 0.467 e. The van der Waals surface area contributed by atoms with Crippen molar-refractivity contribution in [2.24, 2.45) is 0 Å². The summed E-state index contributed by atoms with van der Waals surface area (Å²) in [5.74, 6) is 0.371. The third kappa shape index (κ3) is 3.88. The van der Waals surface area contributed by atoms with Crippen LogP contribution in [-0.4, -0.2) is 10.9 Å². The normalized spacial score (nSPS) is 10.4. The van der Waals surface area contributed by atoms with Gasteiger partial charge in [0.25, 0.3) is 5.91 Å². The summed E-state index contributed by atoms with van der Waals surface area (Å²) in [5.41, 5.74) is 1.61. The molecule has 5 nitrogen and oxygen atoms in total. The molecule has 0 saturated carbocycles. The van der Waals surface area contributed by atoms with Gasteiger partial charge in [-0.25, -0.2) is 0 Å². The Morgan fingerprint density at radius 1 is 1.17 bits per heavy atom. The maximum Gasteiger partial charge on any atom is 0.270 e. The molecule has 1 aromatic carbocycles. The molecule has 0 radical (unpaired) electrons. The summed E-state index contributed by atoms with van der Waals surface area (Å²) in [5, 5.41) is 6.73. The summed E-state index contributed by atoms with van der Waals surface area (Å²) in [6.07, 6.45) is 3.10. The Kier molecular flexibility index (Phi) is 5.03. The summed E-state index contributed by atoms with van der Waals surface area (Å²) in [6, 6.07) is 12.2. The van der Waals surface area contributed by atoms with Gasteiger partial charge in [-0.05, 0) is 36.4 Å². The van der Waals surface area contributed by atoms with E-state index in [1.165, 1.54) is 0 Å². The molecule has 0 spiro atoms. The van der Waals surface area contributed by atoms with Crippen molar-refractivity contribution in [3.63, 3.8) is 0 Å². The molecule has 7 heteroatoms. The summed E-state index contributed by atoms with van der Waals surface area (Å²) >= 11 is 12.1. The number of pyridine rings is 1. The first-order chi connectivity index (χ1) is 11.6. The SMILES string of the molecule is O=C(NCc1ccco1)c1cc(Nc2cccc(Cl)c2Cl)ccn1. The Morgan fingerprint density at radius 3 is 2.83 bits per heavy atom. The van der Waals surface area contributed by atoms with E-state index in [9.17, 15) is 4.79 Å². The van der Waals surface area contributed by atoms with Crippen LogP contribution in [0.5, 0.6) is 0 Å².